The highest BCUT2D eigenvalue weighted by molar-refractivity contribution is 6.31. The predicted molar refractivity (Wildman–Crippen MR) is 78.8 cm³/mol. The molecule has 0 fully saturated rings. The third-order valence-electron chi connectivity index (χ3n) is 2.78. The first kappa shape index (κ1) is 15.3. The van der Waals surface area contributed by atoms with Crippen LogP contribution in [0, 0.1) is 6.92 Å². The number of ether oxygens (including phenoxy) is 2. The second kappa shape index (κ2) is 6.10. The van der Waals surface area contributed by atoms with Crippen molar-refractivity contribution in [3.05, 3.63) is 34.5 Å². The largest absolute Gasteiger partial charge is 0.462 e. The lowest BCUT2D eigenvalue weighted by Gasteiger charge is -2.10. The highest BCUT2D eigenvalue weighted by atomic mass is 35.5. The molecule has 0 spiro atoms. The zero-order valence-corrected chi connectivity index (χ0v) is 12.7. The number of hydrogen-bond donors (Lipinski definition) is 0. The van der Waals surface area contributed by atoms with E-state index in [1.54, 1.807) is 26.0 Å². The van der Waals surface area contributed by atoms with E-state index in [0.29, 0.717) is 21.6 Å². The third kappa shape index (κ3) is 3.31. The molecule has 0 aliphatic heterocycles. The van der Waals surface area contributed by atoms with Crippen LogP contribution in [0.4, 0.5) is 0 Å². The molecular weight excluding hydrogens is 294 g/mol. The van der Waals surface area contributed by atoms with Gasteiger partial charge in [-0.2, -0.15) is 0 Å². The summed E-state index contributed by atoms with van der Waals surface area (Å²) in [6.45, 7) is 5.00. The van der Waals surface area contributed by atoms with E-state index in [1.807, 2.05) is 0 Å². The number of hydrogen-bond acceptors (Lipinski definition) is 5. The Morgan fingerprint density at radius 2 is 2.00 bits per heavy atom. The Kier molecular flexibility index (Phi) is 4.43. The molecular formula is C15H14ClNO4. The first-order valence-corrected chi connectivity index (χ1v) is 6.76. The van der Waals surface area contributed by atoms with Gasteiger partial charge in [0.1, 0.15) is 5.52 Å². The number of carbonyl (C=O) groups excluding carboxylic acids is 2. The number of aryl methyl sites for hydroxylation is 1. The predicted octanol–water partition coefficient (Wildman–Crippen LogP) is 3.30. The van der Waals surface area contributed by atoms with Crippen LogP contribution < -0.4 is 4.74 Å². The van der Waals surface area contributed by atoms with E-state index in [9.17, 15) is 9.59 Å². The molecule has 6 heteroatoms. The highest BCUT2D eigenvalue weighted by Gasteiger charge is 2.15. The van der Waals surface area contributed by atoms with E-state index >= 15 is 0 Å². The van der Waals surface area contributed by atoms with Crippen molar-refractivity contribution in [3.63, 3.8) is 0 Å². The number of rotatable bonds is 3. The van der Waals surface area contributed by atoms with Gasteiger partial charge in [-0.25, -0.2) is 9.78 Å². The van der Waals surface area contributed by atoms with Crippen molar-refractivity contribution in [3.8, 4) is 5.75 Å². The number of pyridine rings is 1. The molecule has 0 saturated heterocycles. The Balaban J connectivity index is 2.66. The summed E-state index contributed by atoms with van der Waals surface area (Å²) in [6.07, 6.45) is 0. The molecule has 0 amide bonds. The Morgan fingerprint density at radius 3 is 2.62 bits per heavy atom. The van der Waals surface area contributed by atoms with Gasteiger partial charge in [-0.1, -0.05) is 11.6 Å². The molecule has 110 valence electrons. The SMILES string of the molecule is CCOC(=O)c1cc(OC(C)=O)c2nc(C)c(Cl)cc2c1. The van der Waals surface area contributed by atoms with Crippen molar-refractivity contribution in [1.82, 2.24) is 4.98 Å². The Labute approximate surface area is 126 Å². The van der Waals surface area contributed by atoms with E-state index in [4.69, 9.17) is 21.1 Å². The van der Waals surface area contributed by atoms with Gasteiger partial charge < -0.3 is 9.47 Å². The smallest absolute Gasteiger partial charge is 0.338 e. The Bertz CT molecular complexity index is 727. The lowest BCUT2D eigenvalue weighted by Crippen LogP contribution is -2.08. The zero-order valence-electron chi connectivity index (χ0n) is 11.9. The van der Waals surface area contributed by atoms with Gasteiger partial charge in [0.2, 0.25) is 0 Å². The van der Waals surface area contributed by atoms with Gasteiger partial charge in [0.15, 0.2) is 5.75 Å². The standard InChI is InChI=1S/C15H14ClNO4/c1-4-20-15(19)11-5-10-6-12(16)8(2)17-14(10)13(7-11)21-9(3)18/h5-7H,4H2,1-3H3. The molecule has 0 unspecified atom stereocenters. The van der Waals surface area contributed by atoms with Gasteiger partial charge in [-0.05, 0) is 32.0 Å². The molecule has 1 aromatic heterocycles. The summed E-state index contributed by atoms with van der Waals surface area (Å²) in [5.74, 6) is -0.779. The molecule has 0 aliphatic rings. The fourth-order valence-corrected chi connectivity index (χ4v) is 2.05. The quantitative estimate of drug-likeness (QED) is 0.643. The van der Waals surface area contributed by atoms with Crippen LogP contribution in [0.5, 0.6) is 5.75 Å². The minimum Gasteiger partial charge on any atom is -0.462 e. The van der Waals surface area contributed by atoms with E-state index in [1.165, 1.54) is 13.0 Å². The number of halogens is 1. The topological polar surface area (TPSA) is 65.5 Å². The second-order valence-corrected chi connectivity index (χ2v) is 4.82. The van der Waals surface area contributed by atoms with Crippen LogP contribution in [0.3, 0.4) is 0 Å². The maximum Gasteiger partial charge on any atom is 0.338 e. The van der Waals surface area contributed by atoms with Crippen LogP contribution >= 0.6 is 11.6 Å². The summed E-state index contributed by atoms with van der Waals surface area (Å²) in [7, 11) is 0. The third-order valence-corrected chi connectivity index (χ3v) is 3.16. The molecule has 0 atom stereocenters. The minimum atomic E-state index is -0.496. The summed E-state index contributed by atoms with van der Waals surface area (Å²) >= 11 is 6.05. The first-order chi connectivity index (χ1) is 9.92. The van der Waals surface area contributed by atoms with Gasteiger partial charge in [-0.3, -0.25) is 4.79 Å². The maximum atomic E-state index is 11.9. The van der Waals surface area contributed by atoms with Crippen LogP contribution in [0.15, 0.2) is 18.2 Å². The van der Waals surface area contributed by atoms with E-state index in [2.05, 4.69) is 4.98 Å². The van der Waals surface area contributed by atoms with Crippen LogP contribution in [-0.2, 0) is 9.53 Å². The average molecular weight is 308 g/mol. The summed E-state index contributed by atoms with van der Waals surface area (Å²) < 4.78 is 10.1. The fourth-order valence-electron chi connectivity index (χ4n) is 1.89. The van der Waals surface area contributed by atoms with Crippen LogP contribution in [0.25, 0.3) is 10.9 Å². The molecule has 1 aromatic carbocycles. The molecule has 21 heavy (non-hydrogen) atoms. The number of benzene rings is 1. The fraction of sp³-hybridized carbons (Fsp3) is 0.267. The minimum absolute atomic E-state index is 0.211. The van der Waals surface area contributed by atoms with Crippen molar-refractivity contribution < 1.29 is 19.1 Å². The molecule has 0 saturated carbocycles. The summed E-state index contributed by atoms with van der Waals surface area (Å²) in [6, 6.07) is 4.73. The number of esters is 2. The molecule has 1 heterocycles. The average Bonchev–Trinajstić information content (AvgIpc) is 2.40. The number of fused-ring (bicyclic) bond motifs is 1. The first-order valence-electron chi connectivity index (χ1n) is 6.38. The van der Waals surface area contributed by atoms with Crippen LogP contribution in [-0.4, -0.2) is 23.5 Å². The molecule has 2 rings (SSSR count). The highest BCUT2D eigenvalue weighted by Crippen LogP contribution is 2.30. The van der Waals surface area contributed by atoms with Crippen LogP contribution in [0.1, 0.15) is 29.9 Å². The number of carbonyl (C=O) groups is 2. The van der Waals surface area contributed by atoms with Gasteiger partial charge in [-0.15, -0.1) is 0 Å². The van der Waals surface area contributed by atoms with Gasteiger partial charge >= 0.3 is 11.9 Å². The lowest BCUT2D eigenvalue weighted by atomic mass is 10.1. The summed E-state index contributed by atoms with van der Waals surface area (Å²) in [5.41, 5.74) is 1.36. The van der Waals surface area contributed by atoms with Crippen molar-refractivity contribution in [2.75, 3.05) is 6.61 Å². The van der Waals surface area contributed by atoms with Crippen LogP contribution in [0.2, 0.25) is 5.02 Å². The monoisotopic (exact) mass is 307 g/mol. The van der Waals surface area contributed by atoms with Crippen molar-refractivity contribution >= 4 is 34.4 Å². The number of aromatic nitrogens is 1. The van der Waals surface area contributed by atoms with Gasteiger partial charge in [0.05, 0.1) is 22.9 Å². The summed E-state index contributed by atoms with van der Waals surface area (Å²) in [5, 5.41) is 1.07. The zero-order chi connectivity index (χ0) is 15.6. The van der Waals surface area contributed by atoms with Crippen molar-refractivity contribution in [2.45, 2.75) is 20.8 Å². The van der Waals surface area contributed by atoms with Gasteiger partial charge in [0, 0.05) is 12.3 Å². The Hall–Kier alpha value is -2.14. The molecule has 5 nitrogen and oxygen atoms in total. The van der Waals surface area contributed by atoms with E-state index in [-0.39, 0.29) is 17.9 Å². The van der Waals surface area contributed by atoms with E-state index < -0.39 is 11.9 Å². The molecule has 0 N–H and O–H groups in total. The molecule has 0 radical (unpaired) electrons. The second-order valence-electron chi connectivity index (χ2n) is 4.42. The van der Waals surface area contributed by atoms with E-state index in [0.717, 1.165) is 0 Å². The molecule has 0 aliphatic carbocycles. The van der Waals surface area contributed by atoms with Gasteiger partial charge in [0.25, 0.3) is 0 Å². The van der Waals surface area contributed by atoms with Crippen molar-refractivity contribution in [2.24, 2.45) is 0 Å². The van der Waals surface area contributed by atoms with Crippen molar-refractivity contribution in [1.29, 1.82) is 0 Å². The lowest BCUT2D eigenvalue weighted by molar-refractivity contribution is -0.131. The maximum absolute atomic E-state index is 11.9. The molecule has 0 bridgehead atoms. The number of nitrogens with zero attached hydrogens (tertiary/aromatic N) is 1. The molecule has 2 aromatic rings. The normalized spacial score (nSPS) is 10.5. The summed E-state index contributed by atoms with van der Waals surface area (Å²) in [4.78, 5) is 27.4. The Morgan fingerprint density at radius 1 is 1.29 bits per heavy atom.